The van der Waals surface area contributed by atoms with E-state index < -0.39 is 0 Å². The van der Waals surface area contributed by atoms with Gasteiger partial charge in [-0.3, -0.25) is 9.78 Å². The number of aromatic nitrogens is 1. The highest BCUT2D eigenvalue weighted by Crippen LogP contribution is 2.28. The van der Waals surface area contributed by atoms with E-state index in [4.69, 9.17) is 4.84 Å². The number of carbonyl (C=O) groups excluding carboxylic acids is 2. The van der Waals surface area contributed by atoms with Gasteiger partial charge in [0, 0.05) is 35.4 Å². The lowest BCUT2D eigenvalue weighted by Gasteiger charge is -2.17. The van der Waals surface area contributed by atoms with Gasteiger partial charge in [-0.25, -0.2) is 4.79 Å². The van der Waals surface area contributed by atoms with Crippen molar-refractivity contribution in [3.63, 3.8) is 0 Å². The lowest BCUT2D eigenvalue weighted by molar-refractivity contribution is 0.0755. The van der Waals surface area contributed by atoms with E-state index in [-0.39, 0.29) is 17.6 Å². The maximum absolute atomic E-state index is 11.9. The average molecular weight is 448 g/mol. The Morgan fingerprint density at radius 3 is 2.39 bits per heavy atom. The van der Waals surface area contributed by atoms with Gasteiger partial charge in [0.15, 0.2) is 6.29 Å². The summed E-state index contributed by atoms with van der Waals surface area (Å²) >= 11 is 0. The van der Waals surface area contributed by atoms with Crippen molar-refractivity contribution in [1.29, 1.82) is 0 Å². The normalized spacial score (nSPS) is 14.9. The van der Waals surface area contributed by atoms with Crippen molar-refractivity contribution in [2.75, 3.05) is 17.7 Å². The van der Waals surface area contributed by atoms with Crippen LogP contribution in [-0.4, -0.2) is 30.5 Å². The van der Waals surface area contributed by atoms with Gasteiger partial charge in [-0.1, -0.05) is 45.0 Å². The number of hydrogen-bond acceptors (Lipinski definition) is 6. The molecule has 0 aliphatic carbocycles. The van der Waals surface area contributed by atoms with Gasteiger partial charge in [0.05, 0.1) is 0 Å². The van der Waals surface area contributed by atoms with Crippen molar-refractivity contribution in [2.24, 2.45) is 5.41 Å². The third-order valence-corrected chi connectivity index (χ3v) is 4.89. The first-order valence-corrected chi connectivity index (χ1v) is 10.6. The average Bonchev–Trinajstić information content (AvgIpc) is 3.28. The zero-order valence-corrected chi connectivity index (χ0v) is 19.2. The Labute approximate surface area is 193 Å². The summed E-state index contributed by atoms with van der Waals surface area (Å²) in [6.45, 7) is 6.14. The van der Waals surface area contributed by atoms with E-state index in [1.54, 1.807) is 6.20 Å². The first-order valence-electron chi connectivity index (χ1n) is 10.6. The van der Waals surface area contributed by atoms with Gasteiger partial charge in [0.1, 0.15) is 17.6 Å². The monoisotopic (exact) mass is 447 g/mol. The van der Waals surface area contributed by atoms with Crippen molar-refractivity contribution in [2.45, 2.75) is 26.9 Å². The van der Waals surface area contributed by atoms with Crippen LogP contribution in [-0.2, 0) is 4.84 Å². The number of fused-ring (bicyclic) bond motifs is 1. The fourth-order valence-corrected chi connectivity index (χ4v) is 3.09. The topological polar surface area (TPSA) is 104 Å². The molecule has 33 heavy (non-hydrogen) atoms. The molecule has 0 fully saturated rings. The summed E-state index contributed by atoms with van der Waals surface area (Å²) in [4.78, 5) is 31.8. The molecule has 4 rings (SSSR count). The highest BCUT2D eigenvalue weighted by molar-refractivity contribution is 5.95. The van der Waals surface area contributed by atoms with Gasteiger partial charge in [-0.15, -0.1) is 5.48 Å². The highest BCUT2D eigenvalue weighted by atomic mass is 16.7. The maximum Gasteiger partial charge on any atom is 0.320 e. The van der Waals surface area contributed by atoms with Crippen molar-refractivity contribution >= 4 is 34.5 Å². The minimum atomic E-state index is -0.337. The number of benzene rings is 2. The van der Waals surface area contributed by atoms with Crippen LogP contribution < -0.4 is 21.4 Å². The van der Waals surface area contributed by atoms with E-state index in [0.717, 1.165) is 34.2 Å². The molecule has 4 N–H and O–H groups in total. The molecule has 1 atom stereocenters. The zero-order chi connectivity index (χ0) is 23.8. The number of aldehydes is 1. The molecule has 2 heterocycles. The van der Waals surface area contributed by atoms with Crippen LogP contribution in [0.5, 0.6) is 0 Å². The molecule has 172 valence electrons. The molecule has 0 saturated carbocycles. The molecule has 3 aromatic rings. The Balaban J connectivity index is 0.000000215. The first-order chi connectivity index (χ1) is 15.8. The van der Waals surface area contributed by atoms with E-state index in [1.165, 1.54) is 0 Å². The van der Waals surface area contributed by atoms with Crippen LogP contribution in [0.25, 0.3) is 10.8 Å². The molecular weight excluding hydrogens is 418 g/mol. The lowest BCUT2D eigenvalue weighted by Crippen LogP contribution is -2.43. The zero-order valence-electron chi connectivity index (χ0n) is 19.2. The van der Waals surface area contributed by atoms with Crippen molar-refractivity contribution in [3.05, 3.63) is 78.3 Å². The van der Waals surface area contributed by atoms with Gasteiger partial charge in [0.25, 0.3) is 0 Å². The Hall–Kier alpha value is -3.91. The molecule has 1 unspecified atom stereocenters. The smallest absolute Gasteiger partial charge is 0.320 e. The first kappa shape index (κ1) is 23.7. The lowest BCUT2D eigenvalue weighted by atomic mass is 9.94. The molecule has 2 amide bonds. The summed E-state index contributed by atoms with van der Waals surface area (Å²) in [7, 11) is 1.85. The number of anilines is 2. The molecule has 1 aromatic heterocycles. The second kappa shape index (κ2) is 10.6. The number of amides is 2. The van der Waals surface area contributed by atoms with Crippen LogP contribution in [0.4, 0.5) is 16.2 Å². The van der Waals surface area contributed by atoms with E-state index in [0.29, 0.717) is 5.69 Å². The van der Waals surface area contributed by atoms with Gasteiger partial charge in [0.2, 0.25) is 0 Å². The third kappa shape index (κ3) is 6.54. The minimum absolute atomic E-state index is 0.0944. The Morgan fingerprint density at radius 2 is 1.76 bits per heavy atom. The van der Waals surface area contributed by atoms with Gasteiger partial charge in [-0.05, 0) is 41.8 Å². The Bertz CT molecular complexity index is 1130. The number of nitrogens with zero attached hydrogens (tertiary/aromatic N) is 1. The molecule has 8 nitrogen and oxygen atoms in total. The molecule has 2 aromatic carbocycles. The summed E-state index contributed by atoms with van der Waals surface area (Å²) in [5.74, 6) is 0.811. The largest absolute Gasteiger partial charge is 0.410 e. The third-order valence-electron chi connectivity index (χ3n) is 4.89. The Kier molecular flexibility index (Phi) is 7.63. The minimum Gasteiger partial charge on any atom is -0.410 e. The van der Waals surface area contributed by atoms with Crippen LogP contribution >= 0.6 is 0 Å². The van der Waals surface area contributed by atoms with E-state index >= 15 is 0 Å². The van der Waals surface area contributed by atoms with Crippen molar-refractivity contribution < 1.29 is 14.4 Å². The SMILES string of the molecule is CNc1ccc(NC(=O)NC2C=C(C(C)(C)C)ON2)cc1.O=Cc1nccc2ccccc12. The predicted octanol–water partition coefficient (Wildman–Crippen LogP) is 4.69. The molecule has 0 radical (unpaired) electrons. The second-order valence-electron chi connectivity index (χ2n) is 8.44. The van der Waals surface area contributed by atoms with Gasteiger partial charge >= 0.3 is 6.03 Å². The summed E-state index contributed by atoms with van der Waals surface area (Å²) in [5, 5.41) is 10.5. The number of allylic oxidation sites excluding steroid dienone is 1. The second-order valence-corrected chi connectivity index (χ2v) is 8.44. The summed E-state index contributed by atoms with van der Waals surface area (Å²) in [6.07, 6.45) is 3.95. The van der Waals surface area contributed by atoms with Crippen LogP contribution in [0.1, 0.15) is 31.3 Å². The molecule has 1 aliphatic rings. The van der Waals surface area contributed by atoms with Crippen molar-refractivity contribution in [3.8, 4) is 0 Å². The van der Waals surface area contributed by atoms with E-state index in [1.807, 2.05) is 88.5 Å². The number of hydrogen-bond donors (Lipinski definition) is 4. The predicted molar refractivity (Wildman–Crippen MR) is 131 cm³/mol. The number of pyridine rings is 1. The number of hydroxylamine groups is 1. The molecule has 0 saturated heterocycles. The van der Waals surface area contributed by atoms with Crippen LogP contribution in [0, 0.1) is 5.41 Å². The fraction of sp³-hybridized carbons (Fsp3) is 0.240. The number of carbonyl (C=O) groups is 2. The number of nitrogens with one attached hydrogen (secondary N) is 4. The molecular formula is C25H29N5O3. The van der Waals surface area contributed by atoms with Gasteiger partial charge in [-0.2, -0.15) is 0 Å². The highest BCUT2D eigenvalue weighted by Gasteiger charge is 2.27. The van der Waals surface area contributed by atoms with Gasteiger partial charge < -0.3 is 20.8 Å². The summed E-state index contributed by atoms with van der Waals surface area (Å²) in [6, 6.07) is 16.8. The van der Waals surface area contributed by atoms with E-state index in [2.05, 4.69) is 26.4 Å². The van der Waals surface area contributed by atoms with Crippen LogP contribution in [0.2, 0.25) is 0 Å². The van der Waals surface area contributed by atoms with Crippen molar-refractivity contribution in [1.82, 2.24) is 15.8 Å². The maximum atomic E-state index is 11.9. The number of rotatable bonds is 4. The molecule has 1 aliphatic heterocycles. The molecule has 8 heteroatoms. The number of urea groups is 1. The quantitative estimate of drug-likeness (QED) is 0.433. The fourth-order valence-electron chi connectivity index (χ4n) is 3.09. The summed E-state index contributed by atoms with van der Waals surface area (Å²) in [5.41, 5.74) is 4.90. The standard InChI is InChI=1S/C15H22N4O2.C10H7NO/c1-15(2,3)12-9-13(19-21-12)18-14(20)17-11-7-5-10(16-4)6-8-11;12-7-10-9-4-2-1-3-8(9)5-6-11-10/h5-9,13,16,19H,1-4H3,(H2,17,18,20);1-7H. The molecule has 0 bridgehead atoms. The van der Waals surface area contributed by atoms with Crippen LogP contribution in [0.3, 0.4) is 0 Å². The van der Waals surface area contributed by atoms with E-state index in [9.17, 15) is 9.59 Å². The Morgan fingerprint density at radius 1 is 1.06 bits per heavy atom. The summed E-state index contributed by atoms with van der Waals surface area (Å²) < 4.78 is 0. The van der Waals surface area contributed by atoms with Crippen LogP contribution in [0.15, 0.2) is 72.6 Å². The molecule has 0 spiro atoms.